The molecule has 1 aliphatic heterocycles. The van der Waals surface area contributed by atoms with Gasteiger partial charge in [-0.25, -0.2) is 0 Å². The van der Waals surface area contributed by atoms with Crippen LogP contribution in [0.5, 0.6) is 0 Å². The number of Topliss-reactive ketones (excluding diaryl/α,β-unsaturated/α-hetero) is 1. The molecule has 3 rings (SSSR count). The van der Waals surface area contributed by atoms with Crippen molar-refractivity contribution >= 4 is 11.7 Å². The molecule has 6 heteroatoms. The minimum Gasteiger partial charge on any atom is -0.334 e. The predicted octanol–water partition coefficient (Wildman–Crippen LogP) is 2.86. The van der Waals surface area contributed by atoms with Gasteiger partial charge in [-0.2, -0.15) is 13.2 Å². The van der Waals surface area contributed by atoms with Crippen LogP contribution >= 0.6 is 0 Å². The molecule has 0 saturated carbocycles. The number of carbonyl (C=O) groups is 2. The summed E-state index contributed by atoms with van der Waals surface area (Å²) in [5, 5.41) is 0. The first-order valence-electron chi connectivity index (χ1n) is 6.78. The van der Waals surface area contributed by atoms with Gasteiger partial charge in [-0.3, -0.25) is 9.59 Å². The van der Waals surface area contributed by atoms with E-state index < -0.39 is 12.1 Å². The van der Waals surface area contributed by atoms with Gasteiger partial charge < -0.3 is 4.90 Å². The van der Waals surface area contributed by atoms with Gasteiger partial charge in [-0.15, -0.1) is 0 Å². The SMILES string of the molecule is CC(=O)c1ccc2c(c1)C1CC2CN(C(=O)C(F)(F)F)C1. The number of fused-ring (bicyclic) bond motifs is 5. The first kappa shape index (κ1) is 14.1. The predicted molar refractivity (Wildman–Crippen MR) is 69.2 cm³/mol. The van der Waals surface area contributed by atoms with Crippen molar-refractivity contribution in [2.24, 2.45) is 0 Å². The van der Waals surface area contributed by atoms with E-state index in [0.717, 1.165) is 22.4 Å². The van der Waals surface area contributed by atoms with Crippen LogP contribution in [0.1, 0.15) is 46.7 Å². The number of rotatable bonds is 1. The van der Waals surface area contributed by atoms with E-state index in [9.17, 15) is 22.8 Å². The molecule has 1 amide bonds. The van der Waals surface area contributed by atoms with Crippen molar-refractivity contribution in [1.82, 2.24) is 4.90 Å². The van der Waals surface area contributed by atoms with Crippen LogP contribution < -0.4 is 0 Å². The lowest BCUT2D eigenvalue weighted by Crippen LogP contribution is -2.46. The Kier molecular flexibility index (Phi) is 3.07. The van der Waals surface area contributed by atoms with Crippen molar-refractivity contribution in [3.63, 3.8) is 0 Å². The number of ketones is 1. The monoisotopic (exact) mass is 297 g/mol. The third kappa shape index (κ3) is 2.32. The number of likely N-dealkylation sites (tertiary alicyclic amines) is 1. The Morgan fingerprint density at radius 1 is 1.14 bits per heavy atom. The lowest BCUT2D eigenvalue weighted by Gasteiger charge is -2.32. The molecule has 0 radical (unpaired) electrons. The van der Waals surface area contributed by atoms with Gasteiger partial charge in [0.1, 0.15) is 0 Å². The highest BCUT2D eigenvalue weighted by molar-refractivity contribution is 5.94. The number of amides is 1. The second-order valence-corrected chi connectivity index (χ2v) is 5.74. The number of nitrogens with zero attached hydrogens (tertiary/aromatic N) is 1. The van der Waals surface area contributed by atoms with Gasteiger partial charge in [0.25, 0.3) is 0 Å². The van der Waals surface area contributed by atoms with Crippen molar-refractivity contribution < 1.29 is 22.8 Å². The summed E-state index contributed by atoms with van der Waals surface area (Å²) in [4.78, 5) is 23.7. The van der Waals surface area contributed by atoms with E-state index in [1.807, 2.05) is 6.07 Å². The smallest absolute Gasteiger partial charge is 0.334 e. The Morgan fingerprint density at radius 3 is 2.33 bits per heavy atom. The molecule has 2 atom stereocenters. The summed E-state index contributed by atoms with van der Waals surface area (Å²) in [5.74, 6) is -2.00. The molecule has 0 aromatic heterocycles. The van der Waals surface area contributed by atoms with Gasteiger partial charge >= 0.3 is 12.1 Å². The molecule has 2 bridgehead atoms. The number of hydrogen-bond donors (Lipinski definition) is 0. The lowest BCUT2D eigenvalue weighted by atomic mass is 9.95. The summed E-state index contributed by atoms with van der Waals surface area (Å²) >= 11 is 0. The van der Waals surface area contributed by atoms with Crippen molar-refractivity contribution in [3.8, 4) is 0 Å². The fourth-order valence-electron chi connectivity index (χ4n) is 3.41. The number of carbonyl (C=O) groups excluding carboxylic acids is 2. The maximum atomic E-state index is 12.6. The van der Waals surface area contributed by atoms with Gasteiger partial charge in [-0.1, -0.05) is 12.1 Å². The van der Waals surface area contributed by atoms with Crippen LogP contribution in [0.3, 0.4) is 0 Å². The summed E-state index contributed by atoms with van der Waals surface area (Å²) in [6.45, 7) is 1.63. The van der Waals surface area contributed by atoms with Crippen LogP contribution in [-0.2, 0) is 4.79 Å². The molecule has 0 N–H and O–H groups in total. The molecule has 3 nitrogen and oxygen atoms in total. The first-order chi connectivity index (χ1) is 9.77. The number of piperidine rings is 1. The molecule has 1 saturated heterocycles. The molecule has 21 heavy (non-hydrogen) atoms. The third-order valence-corrected chi connectivity index (χ3v) is 4.35. The van der Waals surface area contributed by atoms with Crippen molar-refractivity contribution in [2.45, 2.75) is 31.4 Å². The van der Waals surface area contributed by atoms with Gasteiger partial charge in [0.2, 0.25) is 0 Å². The highest BCUT2D eigenvalue weighted by Crippen LogP contribution is 2.46. The lowest BCUT2D eigenvalue weighted by molar-refractivity contribution is -0.186. The van der Waals surface area contributed by atoms with E-state index in [1.165, 1.54) is 6.92 Å². The van der Waals surface area contributed by atoms with E-state index in [2.05, 4.69) is 0 Å². The second-order valence-electron chi connectivity index (χ2n) is 5.74. The molecule has 1 aromatic carbocycles. The maximum Gasteiger partial charge on any atom is 0.471 e. The highest BCUT2D eigenvalue weighted by atomic mass is 19.4. The normalized spacial score (nSPS) is 23.9. The first-order valence-corrected chi connectivity index (χ1v) is 6.78. The van der Waals surface area contributed by atoms with Crippen LogP contribution in [0.15, 0.2) is 18.2 Å². The van der Waals surface area contributed by atoms with Crippen molar-refractivity contribution in [2.75, 3.05) is 13.1 Å². The Bertz CT molecular complexity index is 624. The third-order valence-electron chi connectivity index (χ3n) is 4.35. The minimum atomic E-state index is -4.83. The van der Waals surface area contributed by atoms with E-state index >= 15 is 0 Å². The molecular formula is C15H14F3NO2. The molecule has 2 aliphatic rings. The largest absolute Gasteiger partial charge is 0.471 e. The van der Waals surface area contributed by atoms with Gasteiger partial charge in [-0.05, 0) is 30.5 Å². The summed E-state index contributed by atoms with van der Waals surface area (Å²) in [6.07, 6.45) is -4.08. The average Bonchev–Trinajstić information content (AvgIpc) is 2.68. The zero-order valence-corrected chi connectivity index (χ0v) is 11.4. The Hall–Kier alpha value is -1.85. The van der Waals surface area contributed by atoms with Gasteiger partial charge in [0, 0.05) is 30.5 Å². The van der Waals surface area contributed by atoms with Crippen LogP contribution in [0.2, 0.25) is 0 Å². The van der Waals surface area contributed by atoms with E-state index in [1.54, 1.807) is 12.1 Å². The molecule has 1 aliphatic carbocycles. The molecular weight excluding hydrogens is 283 g/mol. The quantitative estimate of drug-likeness (QED) is 0.747. The summed E-state index contributed by atoms with van der Waals surface area (Å²) in [5.41, 5.74) is 2.46. The second kappa shape index (κ2) is 4.58. The molecule has 1 heterocycles. The fourth-order valence-corrected chi connectivity index (χ4v) is 3.41. The fraction of sp³-hybridized carbons (Fsp3) is 0.467. The van der Waals surface area contributed by atoms with Gasteiger partial charge in [0.05, 0.1) is 0 Å². The number of alkyl halides is 3. The molecule has 112 valence electrons. The number of halogens is 3. The summed E-state index contributed by atoms with van der Waals surface area (Å²) in [7, 11) is 0. The van der Waals surface area contributed by atoms with E-state index in [-0.39, 0.29) is 30.7 Å². The topological polar surface area (TPSA) is 37.4 Å². The Morgan fingerprint density at radius 2 is 1.76 bits per heavy atom. The van der Waals surface area contributed by atoms with Gasteiger partial charge in [0.15, 0.2) is 5.78 Å². The van der Waals surface area contributed by atoms with Crippen LogP contribution in [0.25, 0.3) is 0 Å². The minimum absolute atomic E-state index is 0.0638. The molecule has 1 fully saturated rings. The summed E-state index contributed by atoms with van der Waals surface area (Å²) in [6, 6.07) is 5.29. The van der Waals surface area contributed by atoms with Crippen molar-refractivity contribution in [1.29, 1.82) is 0 Å². The molecule has 0 spiro atoms. The number of hydrogen-bond acceptors (Lipinski definition) is 2. The Labute approximate surface area is 119 Å². The van der Waals surface area contributed by atoms with Crippen LogP contribution in [0.4, 0.5) is 13.2 Å². The highest BCUT2D eigenvalue weighted by Gasteiger charge is 2.47. The maximum absolute atomic E-state index is 12.6. The average molecular weight is 297 g/mol. The van der Waals surface area contributed by atoms with Crippen molar-refractivity contribution in [3.05, 3.63) is 34.9 Å². The molecule has 2 unspecified atom stereocenters. The van der Waals surface area contributed by atoms with E-state index in [4.69, 9.17) is 0 Å². The van der Waals surface area contributed by atoms with Crippen LogP contribution in [0, 0.1) is 0 Å². The number of benzene rings is 1. The Balaban J connectivity index is 1.90. The standard InChI is InChI=1S/C15H14F3NO2/c1-8(20)9-2-3-12-10-4-11(13(12)5-9)7-19(6-10)14(21)15(16,17)18/h2-3,5,10-11H,4,6-7H2,1H3. The zero-order valence-electron chi connectivity index (χ0n) is 11.4. The zero-order chi connectivity index (χ0) is 15.4. The van der Waals surface area contributed by atoms with Crippen LogP contribution in [-0.4, -0.2) is 35.9 Å². The molecule has 1 aromatic rings. The van der Waals surface area contributed by atoms with E-state index in [0.29, 0.717) is 5.56 Å². The summed E-state index contributed by atoms with van der Waals surface area (Å²) < 4.78 is 37.7.